The van der Waals surface area contributed by atoms with Crippen molar-refractivity contribution in [2.24, 2.45) is 5.73 Å². The van der Waals surface area contributed by atoms with Gasteiger partial charge in [-0.05, 0) is 94.5 Å². The Morgan fingerprint density at radius 1 is 0.894 bits per heavy atom. The Hall–Kier alpha value is -4.57. The highest BCUT2D eigenvalue weighted by molar-refractivity contribution is 7.95. The highest BCUT2D eigenvalue weighted by Crippen LogP contribution is 2.42. The molecule has 2 amide bonds. The van der Waals surface area contributed by atoms with Gasteiger partial charge in [0, 0.05) is 28.0 Å². The molecule has 7 nitrogen and oxygen atoms in total. The molecule has 3 aromatic carbocycles. The maximum absolute atomic E-state index is 11.9. The molecule has 0 saturated heterocycles. The van der Waals surface area contributed by atoms with Crippen molar-refractivity contribution in [3.05, 3.63) is 124 Å². The number of carbonyl (C=O) groups is 2. The van der Waals surface area contributed by atoms with Gasteiger partial charge in [0.2, 0.25) is 11.8 Å². The lowest BCUT2D eigenvalue weighted by Gasteiger charge is -2.26. The maximum atomic E-state index is 11.9. The summed E-state index contributed by atoms with van der Waals surface area (Å²) in [7, 11) is -3.29. The molecular weight excluding hydrogens is 629 g/mol. The average molecular weight is 665 g/mol. The zero-order valence-corrected chi connectivity index (χ0v) is 27.7. The lowest BCUT2D eigenvalue weighted by Crippen LogP contribution is -2.25. The number of primary amides is 1. The number of allylic oxidation sites excluding steroid dienone is 3. The molecule has 3 aliphatic rings. The number of nitrogens with two attached hydrogens (primary N) is 1. The Kier molecular flexibility index (Phi) is 9.40. The number of hydrogen-bond acceptors (Lipinski definition) is 6. The molecule has 0 bridgehead atoms. The summed E-state index contributed by atoms with van der Waals surface area (Å²) < 4.78 is 22.3. The quantitative estimate of drug-likeness (QED) is 0.163. The standard InChI is InChI=1S/C31H27NO2S.C7H9NO3S/c1-2-31(33)32(34)24-8-5-7-22(19-24)29-16-17-30(35-29)23-12-13-26-21(18-23)11-15-27-25-9-4-3-6-20(25)10-14-28(26)27;8-7(9)5-6-3-1-2-4-12(6,10)11/h3-9,11,15-19,34H,2,10,12-14H2,1H3;1-4,6H,5H2,(H2,8,9). The van der Waals surface area contributed by atoms with Crippen LogP contribution in [0, 0.1) is 0 Å². The third-order valence-electron chi connectivity index (χ3n) is 8.76. The predicted octanol–water partition coefficient (Wildman–Crippen LogP) is 7.53. The number of nitrogens with zero attached hydrogens (tertiary/aromatic N) is 1. The first-order valence-corrected chi connectivity index (χ1v) is 18.1. The van der Waals surface area contributed by atoms with Crippen LogP contribution in [0.15, 0.2) is 96.4 Å². The molecule has 47 heavy (non-hydrogen) atoms. The largest absolute Gasteiger partial charge is 0.370 e. The summed E-state index contributed by atoms with van der Waals surface area (Å²) in [6.07, 6.45) is 11.3. The van der Waals surface area contributed by atoms with Gasteiger partial charge < -0.3 is 5.73 Å². The first-order valence-electron chi connectivity index (χ1n) is 15.7. The number of amides is 2. The molecule has 1 unspecified atom stereocenters. The van der Waals surface area contributed by atoms with Crippen molar-refractivity contribution in [3.8, 4) is 21.6 Å². The van der Waals surface area contributed by atoms with E-state index in [2.05, 4.69) is 54.6 Å². The molecule has 1 atom stereocenters. The van der Waals surface area contributed by atoms with Crippen LogP contribution in [0.2, 0.25) is 0 Å². The molecule has 9 heteroatoms. The summed E-state index contributed by atoms with van der Waals surface area (Å²) in [6.45, 7) is 1.74. The molecular formula is C38H36N2O5S2. The molecule has 2 heterocycles. The van der Waals surface area contributed by atoms with E-state index >= 15 is 0 Å². The van der Waals surface area contributed by atoms with Gasteiger partial charge in [-0.1, -0.05) is 79.8 Å². The Balaban J connectivity index is 0.000000273. The third-order valence-corrected chi connectivity index (χ3v) is 11.7. The van der Waals surface area contributed by atoms with Crippen molar-refractivity contribution in [1.29, 1.82) is 0 Å². The van der Waals surface area contributed by atoms with E-state index in [0.717, 1.165) is 46.6 Å². The molecule has 1 aromatic heterocycles. The van der Waals surface area contributed by atoms with Crippen LogP contribution in [-0.2, 0) is 38.7 Å². The fraction of sp³-hybridized carbons (Fsp3) is 0.211. The fourth-order valence-electron chi connectivity index (χ4n) is 6.34. The van der Waals surface area contributed by atoms with Crippen LogP contribution < -0.4 is 10.8 Å². The summed E-state index contributed by atoms with van der Waals surface area (Å²) in [6, 6.07) is 25.3. The van der Waals surface area contributed by atoms with Crippen LogP contribution in [-0.4, -0.2) is 30.7 Å². The molecule has 0 radical (unpaired) electrons. The second kappa shape index (κ2) is 13.7. The van der Waals surface area contributed by atoms with Crippen molar-refractivity contribution in [1.82, 2.24) is 0 Å². The summed E-state index contributed by atoms with van der Waals surface area (Å²) in [5, 5.41) is 11.2. The van der Waals surface area contributed by atoms with Gasteiger partial charge in [0.15, 0.2) is 9.84 Å². The van der Waals surface area contributed by atoms with E-state index in [4.69, 9.17) is 5.73 Å². The molecule has 0 saturated carbocycles. The molecule has 0 spiro atoms. The van der Waals surface area contributed by atoms with Crippen molar-refractivity contribution in [2.75, 3.05) is 5.06 Å². The lowest BCUT2D eigenvalue weighted by molar-refractivity contribution is -0.123. The van der Waals surface area contributed by atoms with Gasteiger partial charge in [-0.3, -0.25) is 14.8 Å². The van der Waals surface area contributed by atoms with Crippen molar-refractivity contribution < 1.29 is 23.2 Å². The second-order valence-electron chi connectivity index (χ2n) is 11.8. The Bertz CT molecular complexity index is 2060. The summed E-state index contributed by atoms with van der Waals surface area (Å²) in [4.78, 5) is 24.8. The molecule has 2 aliphatic carbocycles. The summed E-state index contributed by atoms with van der Waals surface area (Å²) >= 11 is 1.77. The first-order chi connectivity index (χ1) is 22.6. The highest BCUT2D eigenvalue weighted by atomic mass is 32.2. The number of sulfone groups is 1. The minimum absolute atomic E-state index is 0.150. The number of carbonyl (C=O) groups excluding carboxylic acids is 2. The second-order valence-corrected chi connectivity index (χ2v) is 14.9. The first kappa shape index (κ1) is 32.4. The van der Waals surface area contributed by atoms with Gasteiger partial charge in [0.1, 0.15) is 0 Å². The monoisotopic (exact) mass is 664 g/mol. The Morgan fingerprint density at radius 2 is 1.68 bits per heavy atom. The summed E-state index contributed by atoms with van der Waals surface area (Å²) in [5.41, 5.74) is 16.5. The number of thiophene rings is 1. The number of anilines is 1. The zero-order chi connectivity index (χ0) is 33.1. The van der Waals surface area contributed by atoms with E-state index in [0.29, 0.717) is 5.69 Å². The number of aryl methyl sites for hydroxylation is 1. The highest BCUT2D eigenvalue weighted by Gasteiger charge is 2.24. The van der Waals surface area contributed by atoms with Gasteiger partial charge in [-0.2, -0.15) is 5.06 Å². The molecule has 1 aliphatic heterocycles. The maximum Gasteiger partial charge on any atom is 0.250 e. The minimum Gasteiger partial charge on any atom is -0.370 e. The number of rotatable bonds is 6. The van der Waals surface area contributed by atoms with Crippen LogP contribution in [0.4, 0.5) is 5.69 Å². The predicted molar refractivity (Wildman–Crippen MR) is 190 cm³/mol. The van der Waals surface area contributed by atoms with Crippen LogP contribution in [0.5, 0.6) is 0 Å². The van der Waals surface area contributed by atoms with Gasteiger partial charge in [0.05, 0.1) is 10.9 Å². The van der Waals surface area contributed by atoms with Gasteiger partial charge in [-0.15, -0.1) is 11.3 Å². The smallest absolute Gasteiger partial charge is 0.250 e. The number of benzene rings is 3. The van der Waals surface area contributed by atoms with Crippen molar-refractivity contribution in [3.63, 3.8) is 0 Å². The van der Waals surface area contributed by atoms with Crippen LogP contribution in [0.3, 0.4) is 0 Å². The Labute approximate surface area is 279 Å². The number of hydrogen-bond donors (Lipinski definition) is 2. The lowest BCUT2D eigenvalue weighted by atomic mass is 9.78. The van der Waals surface area contributed by atoms with E-state index < -0.39 is 21.0 Å². The van der Waals surface area contributed by atoms with Crippen LogP contribution in [0.25, 0.3) is 33.2 Å². The molecule has 240 valence electrons. The van der Waals surface area contributed by atoms with E-state index in [1.54, 1.807) is 30.4 Å². The summed E-state index contributed by atoms with van der Waals surface area (Å²) in [5.74, 6) is -0.922. The average Bonchev–Trinajstić information content (AvgIpc) is 3.59. The topological polar surface area (TPSA) is 118 Å². The van der Waals surface area contributed by atoms with E-state index in [1.165, 1.54) is 56.0 Å². The third kappa shape index (κ3) is 6.93. The molecule has 7 rings (SSSR count). The number of fused-ring (bicyclic) bond motifs is 5. The van der Waals surface area contributed by atoms with Crippen LogP contribution in [0.1, 0.15) is 53.3 Å². The van der Waals surface area contributed by atoms with E-state index in [9.17, 15) is 23.2 Å². The molecule has 0 fully saturated rings. The number of hydroxylamine groups is 1. The SMILES string of the molecule is CCC(=O)N(O)c1cccc(-c2ccc(C3=Cc4ccc5c(c4CC3)CCc3ccccc3-5)s2)c1.NC(=O)CC1C=CC=CS1(=O)=O. The minimum atomic E-state index is -3.29. The fourth-order valence-corrected chi connectivity index (χ4v) is 8.60. The molecule has 3 N–H and O–H groups in total. The normalized spacial score (nSPS) is 16.9. The van der Waals surface area contributed by atoms with Crippen molar-refractivity contribution in [2.45, 2.75) is 50.7 Å². The van der Waals surface area contributed by atoms with E-state index in [-0.39, 0.29) is 18.7 Å². The van der Waals surface area contributed by atoms with Crippen LogP contribution >= 0.6 is 11.3 Å². The van der Waals surface area contributed by atoms with E-state index in [1.807, 2.05) is 18.2 Å². The van der Waals surface area contributed by atoms with Crippen molar-refractivity contribution >= 4 is 50.3 Å². The van der Waals surface area contributed by atoms with Gasteiger partial charge in [-0.25, -0.2) is 8.42 Å². The van der Waals surface area contributed by atoms with Gasteiger partial charge in [0.25, 0.3) is 0 Å². The molecule has 4 aromatic rings. The van der Waals surface area contributed by atoms with Gasteiger partial charge >= 0.3 is 0 Å². The Morgan fingerprint density at radius 3 is 2.47 bits per heavy atom. The zero-order valence-electron chi connectivity index (χ0n) is 26.1.